The molecule has 0 radical (unpaired) electrons. The molecule has 0 fully saturated rings. The Bertz CT molecular complexity index is 908. The van der Waals surface area contributed by atoms with Crippen LogP contribution in [0.5, 0.6) is 0 Å². The number of rotatable bonds is 11. The van der Waals surface area contributed by atoms with E-state index in [1.807, 2.05) is 47.0 Å². The van der Waals surface area contributed by atoms with Crippen LogP contribution in [-0.4, -0.2) is 46.8 Å². The zero-order valence-electron chi connectivity index (χ0n) is 17.9. The van der Waals surface area contributed by atoms with Crippen molar-refractivity contribution in [3.8, 4) is 0 Å². The first-order chi connectivity index (χ1) is 14.8. The van der Waals surface area contributed by atoms with E-state index in [9.17, 15) is 0 Å². The third-order valence-electron chi connectivity index (χ3n) is 4.67. The molecule has 0 saturated heterocycles. The van der Waals surface area contributed by atoms with Crippen LogP contribution in [0.3, 0.4) is 0 Å². The lowest BCUT2D eigenvalue weighted by atomic mass is 10.2. The van der Waals surface area contributed by atoms with Crippen LogP contribution in [0.2, 0.25) is 0 Å². The molecule has 0 spiro atoms. The summed E-state index contributed by atoms with van der Waals surface area (Å²) in [5, 5.41) is 15.2. The van der Waals surface area contributed by atoms with Gasteiger partial charge in [0.2, 0.25) is 0 Å². The minimum Gasteiger partial charge on any atom is -0.376 e. The number of aryl methyl sites for hydroxylation is 1. The number of nitrogens with one attached hydrogen (secondary N) is 2. The van der Waals surface area contributed by atoms with E-state index < -0.39 is 0 Å². The molecule has 0 aliphatic carbocycles. The molecule has 7 heteroatoms. The zero-order valence-corrected chi connectivity index (χ0v) is 17.9. The fourth-order valence-electron chi connectivity index (χ4n) is 3.11. The van der Waals surface area contributed by atoms with Gasteiger partial charge in [0.15, 0.2) is 11.6 Å². The highest BCUT2D eigenvalue weighted by atomic mass is 16.5. The maximum Gasteiger partial charge on any atom is 0.191 e. The maximum absolute atomic E-state index is 5.82. The van der Waals surface area contributed by atoms with Crippen molar-refractivity contribution >= 4 is 11.6 Å². The van der Waals surface area contributed by atoms with Gasteiger partial charge in [0.1, 0.15) is 5.82 Å². The molecular weight excluding hydrogens is 376 g/mol. The summed E-state index contributed by atoms with van der Waals surface area (Å²) in [6, 6.07) is 16.2. The first kappa shape index (κ1) is 21.8. The number of aromatic nitrogens is 3. The third kappa shape index (κ3) is 6.84. The van der Waals surface area contributed by atoms with Gasteiger partial charge < -0.3 is 15.4 Å². The molecule has 0 saturated carbocycles. The average Bonchev–Trinajstić information content (AvgIpc) is 3.19. The first-order valence-electron chi connectivity index (χ1n) is 10.7. The molecule has 0 aliphatic rings. The molecule has 160 valence electrons. The molecule has 0 amide bonds. The number of nitrogens with zero attached hydrogens (tertiary/aromatic N) is 4. The summed E-state index contributed by atoms with van der Waals surface area (Å²) in [5.41, 5.74) is 2.09. The minimum absolute atomic E-state index is 0.353. The van der Waals surface area contributed by atoms with Gasteiger partial charge in [0.05, 0.1) is 13.2 Å². The van der Waals surface area contributed by atoms with Gasteiger partial charge in [-0.2, -0.15) is 0 Å². The van der Waals surface area contributed by atoms with Crippen LogP contribution in [0, 0.1) is 5.92 Å². The van der Waals surface area contributed by atoms with Gasteiger partial charge >= 0.3 is 0 Å². The van der Waals surface area contributed by atoms with E-state index in [-0.39, 0.29) is 0 Å². The lowest BCUT2D eigenvalue weighted by Crippen LogP contribution is -2.38. The van der Waals surface area contributed by atoms with Crippen LogP contribution >= 0.6 is 0 Å². The number of pyridine rings is 1. The van der Waals surface area contributed by atoms with Gasteiger partial charge in [-0.25, -0.2) is 0 Å². The Balaban J connectivity index is 1.38. The Labute approximate surface area is 178 Å². The van der Waals surface area contributed by atoms with Crippen molar-refractivity contribution in [2.75, 3.05) is 26.2 Å². The summed E-state index contributed by atoms with van der Waals surface area (Å²) >= 11 is 0. The highest BCUT2D eigenvalue weighted by Crippen LogP contribution is 2.05. The number of fused-ring (bicyclic) bond motifs is 1. The highest BCUT2D eigenvalue weighted by molar-refractivity contribution is 5.79. The molecule has 1 aromatic carbocycles. The van der Waals surface area contributed by atoms with E-state index in [0.29, 0.717) is 19.1 Å². The highest BCUT2D eigenvalue weighted by Gasteiger charge is 2.06. The summed E-state index contributed by atoms with van der Waals surface area (Å²) in [6.45, 7) is 7.95. The van der Waals surface area contributed by atoms with Gasteiger partial charge in [-0.05, 0) is 37.0 Å². The fourth-order valence-corrected chi connectivity index (χ4v) is 3.11. The van der Waals surface area contributed by atoms with E-state index in [1.54, 1.807) is 0 Å². The number of guanidine groups is 1. The van der Waals surface area contributed by atoms with Crippen molar-refractivity contribution in [2.24, 2.45) is 10.9 Å². The van der Waals surface area contributed by atoms with Gasteiger partial charge in [-0.3, -0.25) is 9.39 Å². The van der Waals surface area contributed by atoms with Crippen molar-refractivity contribution in [1.29, 1.82) is 0 Å². The summed E-state index contributed by atoms with van der Waals surface area (Å²) in [5.74, 6) is 2.18. The second kappa shape index (κ2) is 11.9. The summed E-state index contributed by atoms with van der Waals surface area (Å²) < 4.78 is 7.86. The molecule has 0 aliphatic heterocycles. The summed E-state index contributed by atoms with van der Waals surface area (Å²) in [4.78, 5) is 4.70. The second-order valence-corrected chi connectivity index (χ2v) is 7.40. The number of ether oxygens (including phenoxy) is 1. The number of benzene rings is 1. The molecule has 1 unspecified atom stereocenters. The van der Waals surface area contributed by atoms with Crippen LogP contribution < -0.4 is 10.6 Å². The fraction of sp³-hybridized carbons (Fsp3) is 0.435. The van der Waals surface area contributed by atoms with E-state index in [1.165, 1.54) is 5.56 Å². The quantitative estimate of drug-likeness (QED) is 0.290. The smallest absolute Gasteiger partial charge is 0.191 e. The Morgan fingerprint density at radius 2 is 1.93 bits per heavy atom. The molecule has 3 rings (SSSR count). The van der Waals surface area contributed by atoms with Gasteiger partial charge in [-0.15, -0.1) is 10.2 Å². The molecule has 30 heavy (non-hydrogen) atoms. The Kier molecular flexibility index (Phi) is 8.65. The van der Waals surface area contributed by atoms with Crippen molar-refractivity contribution in [2.45, 2.75) is 33.3 Å². The van der Waals surface area contributed by atoms with Crippen molar-refractivity contribution < 1.29 is 4.74 Å². The molecule has 7 nitrogen and oxygen atoms in total. The Morgan fingerprint density at radius 1 is 1.10 bits per heavy atom. The van der Waals surface area contributed by atoms with Crippen LogP contribution in [0.1, 0.15) is 31.7 Å². The molecule has 3 aromatic rings. The van der Waals surface area contributed by atoms with Gasteiger partial charge in [0, 0.05) is 32.3 Å². The maximum atomic E-state index is 5.82. The lowest BCUT2D eigenvalue weighted by molar-refractivity contribution is 0.0945. The monoisotopic (exact) mass is 408 g/mol. The molecule has 1 atom stereocenters. The van der Waals surface area contributed by atoms with E-state index in [2.05, 4.69) is 46.8 Å². The zero-order chi connectivity index (χ0) is 21.0. The Hall–Kier alpha value is -2.93. The van der Waals surface area contributed by atoms with Crippen LogP contribution in [-0.2, 0) is 17.8 Å². The summed E-state index contributed by atoms with van der Waals surface area (Å²) in [6.07, 6.45) is 3.82. The Morgan fingerprint density at radius 3 is 2.77 bits per heavy atom. The predicted molar refractivity (Wildman–Crippen MR) is 121 cm³/mol. The average molecular weight is 409 g/mol. The number of hydrogen-bond acceptors (Lipinski definition) is 4. The largest absolute Gasteiger partial charge is 0.376 e. The van der Waals surface area contributed by atoms with E-state index in [4.69, 9.17) is 9.73 Å². The SMILES string of the molecule is CCNC(=NCC(C)COCc1ccccc1)NCCCc1nnc2ccccn12. The van der Waals surface area contributed by atoms with Crippen molar-refractivity contribution in [1.82, 2.24) is 25.2 Å². The third-order valence-corrected chi connectivity index (χ3v) is 4.67. The minimum atomic E-state index is 0.353. The molecule has 2 aromatic heterocycles. The standard InChI is InChI=1S/C23H32N6O/c1-3-24-23(26-16-19(2)17-30-18-20-10-5-4-6-11-20)25-14-9-13-22-28-27-21-12-7-8-15-29(21)22/h4-8,10-12,15,19H,3,9,13-14,16-18H2,1-2H3,(H2,24,25,26). The normalized spacial score (nSPS) is 12.8. The number of hydrogen-bond donors (Lipinski definition) is 2. The van der Waals surface area contributed by atoms with Gasteiger partial charge in [-0.1, -0.05) is 43.3 Å². The number of aliphatic imine (C=N–C) groups is 1. The van der Waals surface area contributed by atoms with E-state index >= 15 is 0 Å². The second-order valence-electron chi connectivity index (χ2n) is 7.40. The van der Waals surface area contributed by atoms with Crippen molar-refractivity contribution in [3.05, 3.63) is 66.1 Å². The predicted octanol–water partition coefficient (Wildman–Crippen LogP) is 3.07. The lowest BCUT2D eigenvalue weighted by Gasteiger charge is -2.14. The van der Waals surface area contributed by atoms with E-state index in [0.717, 1.165) is 49.9 Å². The van der Waals surface area contributed by atoms with Crippen molar-refractivity contribution in [3.63, 3.8) is 0 Å². The van der Waals surface area contributed by atoms with Crippen LogP contribution in [0.15, 0.2) is 59.7 Å². The molecule has 2 heterocycles. The molecule has 2 N–H and O–H groups in total. The van der Waals surface area contributed by atoms with Crippen LogP contribution in [0.25, 0.3) is 5.65 Å². The molecule has 0 bridgehead atoms. The topological polar surface area (TPSA) is 75.8 Å². The first-order valence-corrected chi connectivity index (χ1v) is 10.7. The summed E-state index contributed by atoms with van der Waals surface area (Å²) in [7, 11) is 0. The van der Waals surface area contributed by atoms with Gasteiger partial charge in [0.25, 0.3) is 0 Å². The molecular formula is C23H32N6O. The van der Waals surface area contributed by atoms with Crippen LogP contribution in [0.4, 0.5) is 0 Å².